The molecule has 0 aromatic heterocycles. The van der Waals surface area contributed by atoms with Crippen molar-refractivity contribution in [2.24, 2.45) is 22.7 Å². The molecule has 2 aliphatic carbocycles. The van der Waals surface area contributed by atoms with Crippen LogP contribution in [0.25, 0.3) is 0 Å². The summed E-state index contributed by atoms with van der Waals surface area (Å²) in [4.78, 5) is 103. The number of carbonyl (C=O) groups is 7. The molecule has 3 unspecified atom stereocenters. The van der Waals surface area contributed by atoms with Gasteiger partial charge in [0, 0.05) is 49.4 Å². The highest BCUT2D eigenvalue weighted by molar-refractivity contribution is 5.97. The van der Waals surface area contributed by atoms with Crippen LogP contribution in [-0.4, -0.2) is 94.8 Å². The van der Waals surface area contributed by atoms with E-state index < -0.39 is 52.9 Å². The molecule has 3 aromatic rings. The van der Waals surface area contributed by atoms with Crippen LogP contribution < -0.4 is 26.6 Å². The fourth-order valence-electron chi connectivity index (χ4n) is 11.0. The Morgan fingerprint density at radius 1 is 0.681 bits per heavy atom. The molecule has 0 radical (unpaired) electrons. The fraction of sp³-hybridized carbons (Fsp3) is 0.569. The summed E-state index contributed by atoms with van der Waals surface area (Å²) in [6.07, 6.45) is 6.10. The number of ketones is 1. The summed E-state index contributed by atoms with van der Waals surface area (Å²) in [5, 5.41) is 15.7. The topological polar surface area (TPSA) is 186 Å². The van der Waals surface area contributed by atoms with E-state index in [1.165, 1.54) is 11.1 Å². The lowest BCUT2D eigenvalue weighted by Crippen LogP contribution is -2.61. The minimum absolute atomic E-state index is 0.00309. The highest BCUT2D eigenvalue weighted by Crippen LogP contribution is 2.37. The quantitative estimate of drug-likeness (QED) is 0.110. The van der Waals surface area contributed by atoms with E-state index in [0.29, 0.717) is 12.0 Å². The van der Waals surface area contributed by atoms with E-state index in [0.717, 1.165) is 60.8 Å². The Balaban J connectivity index is 1.16. The molecule has 0 bridgehead atoms. The van der Waals surface area contributed by atoms with Gasteiger partial charge >= 0.3 is 0 Å². The van der Waals surface area contributed by atoms with Crippen LogP contribution in [0.1, 0.15) is 163 Å². The fourth-order valence-corrected chi connectivity index (χ4v) is 11.0. The van der Waals surface area contributed by atoms with Gasteiger partial charge in [-0.2, -0.15) is 0 Å². The van der Waals surface area contributed by atoms with Crippen molar-refractivity contribution in [3.63, 3.8) is 0 Å². The Hall–Kier alpha value is -5.89. The van der Waals surface area contributed by atoms with Crippen molar-refractivity contribution in [1.82, 2.24) is 36.4 Å². The zero-order chi connectivity index (χ0) is 52.2. The van der Waals surface area contributed by atoms with E-state index in [-0.39, 0.29) is 85.7 Å². The molecule has 388 valence electrons. The van der Waals surface area contributed by atoms with Crippen LogP contribution >= 0.6 is 0 Å². The van der Waals surface area contributed by atoms with Gasteiger partial charge < -0.3 is 36.4 Å². The summed E-state index contributed by atoms with van der Waals surface area (Å²) in [6.45, 7) is 17.2. The number of carbonyl (C=O) groups excluding carboxylic acids is 7. The highest BCUT2D eigenvalue weighted by Gasteiger charge is 2.47. The molecule has 2 heterocycles. The van der Waals surface area contributed by atoms with E-state index in [1.54, 1.807) is 35.9 Å². The summed E-state index contributed by atoms with van der Waals surface area (Å²) in [6, 6.07) is 17.3. The van der Waals surface area contributed by atoms with Crippen LogP contribution in [0.15, 0.2) is 66.7 Å². The molecule has 1 fully saturated rings. The Kier molecular flexibility index (Phi) is 16.8. The monoisotopic (exact) mass is 986 g/mol. The number of fused-ring (bicyclic) bond motifs is 3. The normalized spacial score (nSPS) is 22.4. The van der Waals surface area contributed by atoms with Crippen molar-refractivity contribution >= 4 is 41.2 Å². The van der Waals surface area contributed by atoms with Crippen LogP contribution in [0.5, 0.6) is 0 Å². The van der Waals surface area contributed by atoms with Crippen molar-refractivity contribution in [2.45, 2.75) is 175 Å². The first-order valence-electron chi connectivity index (χ1n) is 26.4. The SMILES string of the molecule is CC[C@@H](C)C(=O)N[C@H](C(=O)N1Cc2ccc(C(=O)NC3C[C@@H](C(=O)NC4CCCc5ccccc54)N(C(=O)[C@@H](CC(=O)[C@H](C)NC)C(C)(C)C)C3)cc2C[C@H]1C(=O)NC1CCCc2ccccc21)C(C)(C)C. The Morgan fingerprint density at radius 2 is 1.26 bits per heavy atom. The number of aryl methyl sites for hydroxylation is 2. The van der Waals surface area contributed by atoms with Gasteiger partial charge in [0.1, 0.15) is 23.9 Å². The van der Waals surface area contributed by atoms with Crippen molar-refractivity contribution < 1.29 is 33.6 Å². The predicted molar refractivity (Wildman–Crippen MR) is 278 cm³/mol. The highest BCUT2D eigenvalue weighted by atomic mass is 16.2. The first-order chi connectivity index (χ1) is 34.1. The zero-order valence-electron chi connectivity index (χ0n) is 44.3. The molecule has 0 saturated carbocycles. The predicted octanol–water partition coefficient (Wildman–Crippen LogP) is 6.83. The van der Waals surface area contributed by atoms with Gasteiger partial charge in [0.05, 0.1) is 18.1 Å². The molecule has 4 aliphatic rings. The van der Waals surface area contributed by atoms with Gasteiger partial charge in [-0.25, -0.2) is 0 Å². The van der Waals surface area contributed by atoms with Gasteiger partial charge in [0.2, 0.25) is 29.5 Å². The molecule has 6 amide bonds. The second kappa shape index (κ2) is 22.5. The molecule has 5 N–H and O–H groups in total. The number of likely N-dealkylation sites (N-methyl/N-ethyl adjacent to an activating group) is 1. The maximum Gasteiger partial charge on any atom is 0.251 e. The summed E-state index contributed by atoms with van der Waals surface area (Å²) < 4.78 is 0. The molecular formula is C58H79N7O7. The van der Waals surface area contributed by atoms with E-state index in [2.05, 4.69) is 38.7 Å². The van der Waals surface area contributed by atoms with E-state index in [1.807, 2.05) is 97.9 Å². The number of rotatable bonds is 15. The van der Waals surface area contributed by atoms with Crippen molar-refractivity contribution in [1.29, 1.82) is 0 Å². The smallest absolute Gasteiger partial charge is 0.251 e. The molecule has 2 aliphatic heterocycles. The molecule has 3 aromatic carbocycles. The van der Waals surface area contributed by atoms with Crippen LogP contribution in [0.3, 0.4) is 0 Å². The van der Waals surface area contributed by atoms with Gasteiger partial charge in [-0.1, -0.05) is 110 Å². The van der Waals surface area contributed by atoms with Gasteiger partial charge in [0.15, 0.2) is 0 Å². The molecule has 7 rings (SSSR count). The number of hydrogen-bond acceptors (Lipinski definition) is 8. The van der Waals surface area contributed by atoms with Gasteiger partial charge in [0.25, 0.3) is 5.91 Å². The average molecular weight is 986 g/mol. The summed E-state index contributed by atoms with van der Waals surface area (Å²) in [7, 11) is 1.71. The third kappa shape index (κ3) is 12.1. The third-order valence-electron chi connectivity index (χ3n) is 15.9. The first kappa shape index (κ1) is 53.9. The lowest BCUT2D eigenvalue weighted by molar-refractivity contribution is -0.147. The van der Waals surface area contributed by atoms with Gasteiger partial charge in [-0.05, 0) is 122 Å². The molecule has 14 heteroatoms. The largest absolute Gasteiger partial charge is 0.347 e. The molecule has 9 atom stereocenters. The summed E-state index contributed by atoms with van der Waals surface area (Å²) in [5.41, 5.74) is 5.08. The lowest BCUT2D eigenvalue weighted by Gasteiger charge is -2.42. The van der Waals surface area contributed by atoms with Crippen LogP contribution in [0, 0.1) is 22.7 Å². The number of Topliss-reactive ketones (excluding diaryl/α,β-unsaturated/α-hetero) is 1. The standard InChI is InChI=1S/C58H79N7O7/c1-11-34(2)51(67)63-50(58(7,8)9)56(72)64-32-39-27-26-38(28-40(39)29-47(64)53(69)61-45-24-16-20-36-18-12-14-22-42(36)45)52(68)60-41-30-48(54(70)62-46-25-17-21-37-19-13-15-23-43(37)46)65(33-41)55(71)44(57(4,5)6)31-49(66)35(3)59-10/h12-15,18-19,22-23,26-28,34-35,41,44-48,50,59H,11,16-17,20-21,24-25,29-33H2,1-10H3,(H,60,68)(H,61,69)(H,62,70)(H,63,67)/t34-,35+,41?,44-,45?,46?,47+,48+,50-/m1/s1. The zero-order valence-corrected chi connectivity index (χ0v) is 44.3. The van der Waals surface area contributed by atoms with E-state index >= 15 is 0 Å². The second-order valence-electron chi connectivity index (χ2n) is 23.1. The van der Waals surface area contributed by atoms with E-state index in [9.17, 15) is 33.6 Å². The lowest BCUT2D eigenvalue weighted by atomic mass is 9.76. The van der Waals surface area contributed by atoms with Gasteiger partial charge in [-0.15, -0.1) is 0 Å². The molecule has 1 saturated heterocycles. The minimum Gasteiger partial charge on any atom is -0.347 e. The molecular weight excluding hydrogens is 907 g/mol. The maximum absolute atomic E-state index is 14.9. The summed E-state index contributed by atoms with van der Waals surface area (Å²) in [5.74, 6) is -3.01. The number of likely N-dealkylation sites (tertiary alicyclic amines) is 1. The third-order valence-corrected chi connectivity index (χ3v) is 15.9. The van der Waals surface area contributed by atoms with Crippen LogP contribution in [-0.2, 0) is 54.6 Å². The molecule has 72 heavy (non-hydrogen) atoms. The minimum atomic E-state index is -0.939. The van der Waals surface area contributed by atoms with Crippen molar-refractivity contribution in [2.75, 3.05) is 13.6 Å². The number of nitrogens with one attached hydrogen (secondary N) is 5. The molecule has 0 spiro atoms. The Morgan fingerprint density at radius 3 is 1.82 bits per heavy atom. The Labute approximate surface area is 427 Å². The average Bonchev–Trinajstić information content (AvgIpc) is 3.78. The number of benzene rings is 3. The number of hydrogen-bond donors (Lipinski definition) is 5. The van der Waals surface area contributed by atoms with Crippen molar-refractivity contribution in [3.8, 4) is 0 Å². The van der Waals surface area contributed by atoms with Crippen molar-refractivity contribution in [3.05, 3.63) is 106 Å². The molecule has 14 nitrogen and oxygen atoms in total. The maximum atomic E-state index is 14.9. The van der Waals surface area contributed by atoms with Crippen LogP contribution in [0.4, 0.5) is 0 Å². The van der Waals surface area contributed by atoms with Crippen LogP contribution in [0.2, 0.25) is 0 Å². The van der Waals surface area contributed by atoms with Gasteiger partial charge in [-0.3, -0.25) is 33.6 Å². The van der Waals surface area contributed by atoms with E-state index in [4.69, 9.17) is 0 Å². The Bertz CT molecular complexity index is 2530. The summed E-state index contributed by atoms with van der Waals surface area (Å²) >= 11 is 0. The first-order valence-corrected chi connectivity index (χ1v) is 26.4. The second-order valence-corrected chi connectivity index (χ2v) is 23.1. The number of nitrogens with zero attached hydrogens (tertiary/aromatic N) is 2. The number of amides is 6.